The predicted molar refractivity (Wildman–Crippen MR) is 77.2 cm³/mol. The van der Waals surface area contributed by atoms with Crippen molar-refractivity contribution in [3.63, 3.8) is 0 Å². The second-order valence-corrected chi connectivity index (χ2v) is 6.19. The standard InChI is InChI=1S/C12H20N2OS2/c1-14(2)7-11-6-10(9-17-11)8-16-5-4-12(13)15-3/h6,9,13H,4-5,7-8H2,1-3H3. The monoisotopic (exact) mass is 272 g/mol. The Kier molecular flexibility index (Phi) is 6.62. The van der Waals surface area contributed by atoms with Gasteiger partial charge in [0.05, 0.1) is 7.11 Å². The summed E-state index contributed by atoms with van der Waals surface area (Å²) in [5, 5.41) is 9.59. The molecule has 0 saturated heterocycles. The molecule has 0 aliphatic heterocycles. The van der Waals surface area contributed by atoms with Crippen LogP contribution in [-0.4, -0.2) is 37.8 Å². The van der Waals surface area contributed by atoms with Crippen LogP contribution in [0.5, 0.6) is 0 Å². The van der Waals surface area contributed by atoms with Gasteiger partial charge in [0.1, 0.15) is 0 Å². The van der Waals surface area contributed by atoms with E-state index in [9.17, 15) is 0 Å². The van der Waals surface area contributed by atoms with Crippen molar-refractivity contribution in [1.82, 2.24) is 4.90 Å². The van der Waals surface area contributed by atoms with Crippen LogP contribution in [0.15, 0.2) is 11.4 Å². The van der Waals surface area contributed by atoms with Gasteiger partial charge >= 0.3 is 0 Å². The normalized spacial score (nSPS) is 10.8. The minimum Gasteiger partial charge on any atom is -0.484 e. The number of hydrogen-bond acceptors (Lipinski definition) is 5. The van der Waals surface area contributed by atoms with Crippen LogP contribution in [0, 0.1) is 5.41 Å². The summed E-state index contributed by atoms with van der Waals surface area (Å²) in [4.78, 5) is 3.60. The Morgan fingerprint density at radius 1 is 1.53 bits per heavy atom. The largest absolute Gasteiger partial charge is 0.484 e. The molecule has 0 aliphatic rings. The van der Waals surface area contributed by atoms with Crippen molar-refractivity contribution in [3.05, 3.63) is 21.9 Å². The Labute approximate surface area is 112 Å². The molecule has 96 valence electrons. The molecule has 3 nitrogen and oxygen atoms in total. The molecule has 0 aromatic carbocycles. The first-order chi connectivity index (χ1) is 8.11. The van der Waals surface area contributed by atoms with Crippen molar-refractivity contribution < 1.29 is 4.74 Å². The third-order valence-electron chi connectivity index (χ3n) is 2.17. The molecule has 1 heterocycles. The first-order valence-electron chi connectivity index (χ1n) is 5.52. The summed E-state index contributed by atoms with van der Waals surface area (Å²) in [6, 6.07) is 2.28. The highest BCUT2D eigenvalue weighted by Crippen LogP contribution is 2.20. The highest BCUT2D eigenvalue weighted by atomic mass is 32.2. The first-order valence-corrected chi connectivity index (χ1v) is 7.55. The number of nitrogens with zero attached hydrogens (tertiary/aromatic N) is 1. The van der Waals surface area contributed by atoms with E-state index in [1.807, 2.05) is 23.1 Å². The maximum atomic E-state index is 7.36. The van der Waals surface area contributed by atoms with Crippen LogP contribution in [-0.2, 0) is 17.0 Å². The van der Waals surface area contributed by atoms with Crippen LogP contribution in [0.4, 0.5) is 0 Å². The molecule has 0 unspecified atom stereocenters. The molecule has 0 amide bonds. The number of ether oxygens (including phenoxy) is 1. The molecule has 0 atom stereocenters. The van der Waals surface area contributed by atoms with Gasteiger partial charge in [-0.2, -0.15) is 11.8 Å². The second-order valence-electron chi connectivity index (χ2n) is 4.09. The van der Waals surface area contributed by atoms with E-state index in [1.54, 1.807) is 7.11 Å². The third-order valence-corrected chi connectivity index (χ3v) is 4.17. The van der Waals surface area contributed by atoms with E-state index < -0.39 is 0 Å². The molecule has 0 spiro atoms. The van der Waals surface area contributed by atoms with Crippen molar-refractivity contribution in [3.8, 4) is 0 Å². The van der Waals surface area contributed by atoms with Crippen molar-refractivity contribution in [1.29, 1.82) is 5.41 Å². The average molecular weight is 272 g/mol. The molecule has 1 aromatic rings. The fourth-order valence-corrected chi connectivity index (χ4v) is 3.34. The minimum absolute atomic E-state index is 0.371. The SMILES string of the molecule is COC(=N)CCSCc1csc(CN(C)C)c1. The zero-order valence-corrected chi connectivity index (χ0v) is 12.3. The maximum Gasteiger partial charge on any atom is 0.180 e. The molecule has 0 aliphatic carbocycles. The first kappa shape index (κ1) is 14.5. The maximum absolute atomic E-state index is 7.36. The topological polar surface area (TPSA) is 36.3 Å². The minimum atomic E-state index is 0.371. The van der Waals surface area contributed by atoms with Crippen LogP contribution in [0.25, 0.3) is 0 Å². The average Bonchev–Trinajstić information content (AvgIpc) is 2.70. The summed E-state index contributed by atoms with van der Waals surface area (Å²) >= 11 is 3.68. The molecule has 0 saturated carbocycles. The predicted octanol–water partition coefficient (Wildman–Crippen LogP) is 3.06. The van der Waals surface area contributed by atoms with Crippen LogP contribution in [0.1, 0.15) is 16.9 Å². The van der Waals surface area contributed by atoms with E-state index in [2.05, 4.69) is 30.4 Å². The molecule has 5 heteroatoms. The summed E-state index contributed by atoms with van der Waals surface area (Å²) in [6.45, 7) is 1.02. The fraction of sp³-hybridized carbons (Fsp3) is 0.583. The van der Waals surface area contributed by atoms with Crippen LogP contribution in [0.3, 0.4) is 0 Å². The van der Waals surface area contributed by atoms with Gasteiger partial charge in [-0.15, -0.1) is 11.3 Å². The number of methoxy groups -OCH3 is 1. The van der Waals surface area contributed by atoms with Gasteiger partial charge in [-0.05, 0) is 31.1 Å². The van der Waals surface area contributed by atoms with Crippen molar-refractivity contribution in [2.24, 2.45) is 0 Å². The van der Waals surface area contributed by atoms with Crippen molar-refractivity contribution in [2.45, 2.75) is 18.7 Å². The smallest absolute Gasteiger partial charge is 0.180 e. The Bertz CT molecular complexity index is 350. The van der Waals surface area contributed by atoms with Gasteiger partial charge in [-0.25, -0.2) is 0 Å². The lowest BCUT2D eigenvalue weighted by Crippen LogP contribution is -2.09. The van der Waals surface area contributed by atoms with Crippen LogP contribution in [0.2, 0.25) is 0 Å². The second kappa shape index (κ2) is 7.74. The lowest BCUT2D eigenvalue weighted by molar-refractivity contribution is 0.389. The Balaban J connectivity index is 2.23. The molecule has 0 radical (unpaired) electrons. The summed E-state index contributed by atoms with van der Waals surface area (Å²) in [5.41, 5.74) is 1.39. The van der Waals surface area contributed by atoms with Gasteiger partial charge in [-0.1, -0.05) is 0 Å². The van der Waals surface area contributed by atoms with E-state index in [-0.39, 0.29) is 0 Å². The number of rotatable bonds is 7. The Hall–Kier alpha value is -0.520. The highest BCUT2D eigenvalue weighted by molar-refractivity contribution is 7.98. The number of nitrogens with one attached hydrogen (secondary N) is 1. The molecule has 1 aromatic heterocycles. The van der Waals surface area contributed by atoms with Gasteiger partial charge in [0.2, 0.25) is 0 Å². The zero-order valence-electron chi connectivity index (χ0n) is 10.7. The molecular weight excluding hydrogens is 252 g/mol. The molecular formula is C12H20N2OS2. The van der Waals surface area contributed by atoms with Crippen molar-refractivity contribution in [2.75, 3.05) is 27.0 Å². The van der Waals surface area contributed by atoms with Gasteiger partial charge in [-0.3, -0.25) is 5.41 Å². The number of thioether (sulfide) groups is 1. The molecule has 1 rings (SSSR count). The number of thiophene rings is 1. The molecule has 1 N–H and O–H groups in total. The van der Waals surface area contributed by atoms with E-state index in [4.69, 9.17) is 10.1 Å². The highest BCUT2D eigenvalue weighted by Gasteiger charge is 2.02. The van der Waals surface area contributed by atoms with Gasteiger partial charge in [0, 0.05) is 29.3 Å². The summed E-state index contributed by atoms with van der Waals surface area (Å²) in [7, 11) is 5.73. The fourth-order valence-electron chi connectivity index (χ4n) is 1.35. The third kappa shape index (κ3) is 6.10. The van der Waals surface area contributed by atoms with Crippen LogP contribution >= 0.6 is 23.1 Å². The summed E-state index contributed by atoms with van der Waals surface area (Å²) in [5.74, 6) is 2.35. The molecule has 0 fully saturated rings. The lowest BCUT2D eigenvalue weighted by Gasteiger charge is -2.06. The molecule has 0 bridgehead atoms. The van der Waals surface area contributed by atoms with E-state index in [0.717, 1.165) is 24.5 Å². The molecule has 17 heavy (non-hydrogen) atoms. The van der Waals surface area contributed by atoms with Crippen LogP contribution < -0.4 is 0 Å². The van der Waals surface area contributed by atoms with Gasteiger partial charge in [0.15, 0.2) is 5.90 Å². The Morgan fingerprint density at radius 3 is 2.94 bits per heavy atom. The van der Waals surface area contributed by atoms with Crippen molar-refractivity contribution >= 4 is 29.0 Å². The summed E-state index contributed by atoms with van der Waals surface area (Å²) in [6.07, 6.45) is 0.718. The van der Waals surface area contributed by atoms with E-state index in [0.29, 0.717) is 5.90 Å². The zero-order chi connectivity index (χ0) is 12.7. The quantitative estimate of drug-likeness (QED) is 0.471. The van der Waals surface area contributed by atoms with E-state index in [1.165, 1.54) is 10.4 Å². The lowest BCUT2D eigenvalue weighted by atomic mass is 10.3. The number of hydrogen-bond donors (Lipinski definition) is 1. The van der Waals surface area contributed by atoms with Gasteiger partial charge < -0.3 is 9.64 Å². The van der Waals surface area contributed by atoms with E-state index >= 15 is 0 Å². The van der Waals surface area contributed by atoms with Gasteiger partial charge in [0.25, 0.3) is 0 Å². The Morgan fingerprint density at radius 2 is 2.29 bits per heavy atom. The summed E-state index contributed by atoms with van der Waals surface area (Å²) < 4.78 is 4.82.